The van der Waals surface area contributed by atoms with Crippen LogP contribution in [0.4, 0.5) is 5.69 Å². The Morgan fingerprint density at radius 1 is 1.00 bits per heavy atom. The topological polar surface area (TPSA) is 90.9 Å². The zero-order valence-electron chi connectivity index (χ0n) is 16.8. The summed E-state index contributed by atoms with van der Waals surface area (Å²) in [4.78, 5) is 35.7. The van der Waals surface area contributed by atoms with Crippen LogP contribution in [0.5, 0.6) is 11.5 Å². The summed E-state index contributed by atoms with van der Waals surface area (Å²) in [5.74, 6) is -0.337. The Morgan fingerprint density at radius 2 is 1.69 bits per heavy atom. The van der Waals surface area contributed by atoms with E-state index in [2.05, 4.69) is 5.32 Å². The summed E-state index contributed by atoms with van der Waals surface area (Å²) in [6, 6.07) is 13.5. The third-order valence-electron chi connectivity index (χ3n) is 3.87. The van der Waals surface area contributed by atoms with Crippen LogP contribution in [0.25, 0.3) is 0 Å². The molecule has 154 valence electrons. The fourth-order valence-corrected chi connectivity index (χ4v) is 2.38. The van der Waals surface area contributed by atoms with Crippen molar-refractivity contribution in [2.24, 2.45) is 0 Å². The van der Waals surface area contributed by atoms with Gasteiger partial charge in [0, 0.05) is 11.3 Å². The van der Waals surface area contributed by atoms with E-state index in [9.17, 15) is 14.4 Å². The molecule has 2 aromatic carbocycles. The zero-order valence-corrected chi connectivity index (χ0v) is 16.8. The Labute approximate surface area is 170 Å². The van der Waals surface area contributed by atoms with Crippen molar-refractivity contribution in [2.45, 2.75) is 33.3 Å². The van der Waals surface area contributed by atoms with Gasteiger partial charge >= 0.3 is 5.97 Å². The summed E-state index contributed by atoms with van der Waals surface area (Å²) >= 11 is 0. The molecular formula is C22H25NO6. The van der Waals surface area contributed by atoms with Crippen LogP contribution in [0.2, 0.25) is 0 Å². The van der Waals surface area contributed by atoms with Gasteiger partial charge < -0.3 is 19.5 Å². The van der Waals surface area contributed by atoms with E-state index in [0.717, 1.165) is 6.42 Å². The number of Topliss-reactive ketones (excluding diaryl/α,β-unsaturated/α-hetero) is 1. The van der Waals surface area contributed by atoms with Gasteiger partial charge in [-0.3, -0.25) is 9.59 Å². The molecule has 7 nitrogen and oxygen atoms in total. The van der Waals surface area contributed by atoms with Crippen LogP contribution in [0.15, 0.2) is 48.5 Å². The number of amides is 1. The van der Waals surface area contributed by atoms with Crippen molar-refractivity contribution >= 4 is 23.3 Å². The first kappa shape index (κ1) is 21.9. The highest BCUT2D eigenvalue weighted by atomic mass is 16.6. The summed E-state index contributed by atoms with van der Waals surface area (Å²) in [6.07, 6.45) is -0.183. The predicted molar refractivity (Wildman–Crippen MR) is 108 cm³/mol. The molecule has 0 aliphatic heterocycles. The number of ether oxygens (including phenoxy) is 3. The lowest BCUT2D eigenvalue weighted by molar-refractivity contribution is -0.155. The van der Waals surface area contributed by atoms with Crippen LogP contribution in [0.1, 0.15) is 37.6 Å². The summed E-state index contributed by atoms with van der Waals surface area (Å²) in [5, 5.41) is 2.62. The third kappa shape index (κ3) is 6.95. The summed E-state index contributed by atoms with van der Waals surface area (Å²) in [7, 11) is 0. The van der Waals surface area contributed by atoms with Crippen molar-refractivity contribution in [3.8, 4) is 11.5 Å². The standard InChI is InChI=1S/C22H25NO6/c1-4-12-27-19-10-5-6-11-20(19)28-14-21(25)29-16(3)22(26)23-18-9-7-8-17(13-18)15(2)24/h5-11,13,16H,4,12,14H2,1-3H3,(H,23,26)/t16-/m1/s1. The average Bonchev–Trinajstić information content (AvgIpc) is 2.71. The first-order valence-corrected chi connectivity index (χ1v) is 9.36. The summed E-state index contributed by atoms with van der Waals surface area (Å²) < 4.78 is 16.2. The highest BCUT2D eigenvalue weighted by Crippen LogP contribution is 2.26. The number of hydrogen-bond donors (Lipinski definition) is 1. The molecule has 1 N–H and O–H groups in total. The number of esters is 1. The fraction of sp³-hybridized carbons (Fsp3) is 0.318. The molecule has 29 heavy (non-hydrogen) atoms. The first-order chi connectivity index (χ1) is 13.9. The van der Waals surface area contributed by atoms with Gasteiger partial charge in [-0.25, -0.2) is 4.79 Å². The minimum atomic E-state index is -1.03. The molecule has 7 heteroatoms. The quantitative estimate of drug-likeness (QED) is 0.485. The largest absolute Gasteiger partial charge is 0.490 e. The molecule has 0 unspecified atom stereocenters. The monoisotopic (exact) mass is 399 g/mol. The van der Waals surface area contributed by atoms with Crippen LogP contribution in [-0.2, 0) is 14.3 Å². The number of ketones is 1. The number of nitrogens with one attached hydrogen (secondary N) is 1. The van der Waals surface area contributed by atoms with Crippen LogP contribution in [-0.4, -0.2) is 37.0 Å². The van der Waals surface area contributed by atoms with Gasteiger partial charge in [-0.2, -0.15) is 0 Å². The number of para-hydroxylation sites is 2. The Balaban J connectivity index is 1.86. The molecule has 0 aromatic heterocycles. The Bertz CT molecular complexity index is 864. The minimum Gasteiger partial charge on any atom is -0.490 e. The minimum absolute atomic E-state index is 0.110. The maximum absolute atomic E-state index is 12.2. The second kappa shape index (κ2) is 10.8. The van der Waals surface area contributed by atoms with Gasteiger partial charge in [0.05, 0.1) is 6.61 Å². The van der Waals surface area contributed by atoms with Crippen LogP contribution >= 0.6 is 0 Å². The van der Waals surface area contributed by atoms with Crippen molar-refractivity contribution in [3.05, 3.63) is 54.1 Å². The van der Waals surface area contributed by atoms with Gasteiger partial charge in [0.15, 0.2) is 30.0 Å². The van der Waals surface area contributed by atoms with E-state index in [1.54, 1.807) is 42.5 Å². The third-order valence-corrected chi connectivity index (χ3v) is 3.87. The molecule has 1 atom stereocenters. The number of anilines is 1. The molecule has 0 fully saturated rings. The molecule has 0 saturated carbocycles. The molecular weight excluding hydrogens is 374 g/mol. The number of carbonyl (C=O) groups excluding carboxylic acids is 3. The smallest absolute Gasteiger partial charge is 0.344 e. The highest BCUT2D eigenvalue weighted by Gasteiger charge is 2.19. The molecule has 0 spiro atoms. The molecule has 2 aromatic rings. The van der Waals surface area contributed by atoms with Gasteiger partial charge in [-0.1, -0.05) is 31.2 Å². The van der Waals surface area contributed by atoms with E-state index in [1.165, 1.54) is 13.8 Å². The molecule has 0 radical (unpaired) electrons. The van der Waals surface area contributed by atoms with Gasteiger partial charge in [0.2, 0.25) is 0 Å². The van der Waals surface area contributed by atoms with Crippen molar-refractivity contribution in [2.75, 3.05) is 18.5 Å². The van der Waals surface area contributed by atoms with Crippen molar-refractivity contribution < 1.29 is 28.6 Å². The van der Waals surface area contributed by atoms with E-state index in [1.807, 2.05) is 13.0 Å². The number of rotatable bonds is 10. The van der Waals surface area contributed by atoms with Gasteiger partial charge in [-0.05, 0) is 44.5 Å². The second-order valence-corrected chi connectivity index (χ2v) is 6.34. The SMILES string of the molecule is CCCOc1ccccc1OCC(=O)O[C@H](C)C(=O)Nc1cccc(C(C)=O)c1. The number of benzene rings is 2. The molecule has 0 heterocycles. The molecule has 0 saturated heterocycles. The van der Waals surface area contributed by atoms with E-state index >= 15 is 0 Å². The Kier molecular flexibility index (Phi) is 8.21. The van der Waals surface area contributed by atoms with Crippen molar-refractivity contribution in [1.82, 2.24) is 0 Å². The Morgan fingerprint density at radius 3 is 2.34 bits per heavy atom. The van der Waals surface area contributed by atoms with Crippen LogP contribution < -0.4 is 14.8 Å². The molecule has 1 amide bonds. The maximum atomic E-state index is 12.2. The van der Waals surface area contributed by atoms with Gasteiger partial charge in [0.1, 0.15) is 0 Å². The van der Waals surface area contributed by atoms with Gasteiger partial charge in [-0.15, -0.1) is 0 Å². The molecule has 0 aliphatic carbocycles. The van der Waals surface area contributed by atoms with E-state index in [4.69, 9.17) is 14.2 Å². The zero-order chi connectivity index (χ0) is 21.2. The fourth-order valence-electron chi connectivity index (χ4n) is 2.38. The molecule has 0 bridgehead atoms. The lowest BCUT2D eigenvalue weighted by Gasteiger charge is -2.15. The summed E-state index contributed by atoms with van der Waals surface area (Å²) in [6.45, 7) is 5.07. The highest BCUT2D eigenvalue weighted by molar-refractivity contribution is 5.98. The summed E-state index contributed by atoms with van der Waals surface area (Å²) in [5.41, 5.74) is 0.925. The van der Waals surface area contributed by atoms with Gasteiger partial charge in [0.25, 0.3) is 5.91 Å². The first-order valence-electron chi connectivity index (χ1n) is 9.36. The van der Waals surface area contributed by atoms with E-state index in [0.29, 0.717) is 29.4 Å². The van der Waals surface area contributed by atoms with Crippen LogP contribution in [0.3, 0.4) is 0 Å². The van der Waals surface area contributed by atoms with E-state index in [-0.39, 0.29) is 12.4 Å². The molecule has 2 rings (SSSR count). The maximum Gasteiger partial charge on any atom is 0.344 e. The second-order valence-electron chi connectivity index (χ2n) is 6.34. The predicted octanol–water partition coefficient (Wildman–Crippen LogP) is 3.63. The number of carbonyl (C=O) groups is 3. The van der Waals surface area contributed by atoms with E-state index < -0.39 is 18.0 Å². The normalized spacial score (nSPS) is 11.3. The Hall–Kier alpha value is -3.35. The molecule has 0 aliphatic rings. The lowest BCUT2D eigenvalue weighted by atomic mass is 10.1. The average molecular weight is 399 g/mol. The number of hydrogen-bond acceptors (Lipinski definition) is 6. The lowest BCUT2D eigenvalue weighted by Crippen LogP contribution is -2.31. The van der Waals surface area contributed by atoms with Crippen LogP contribution in [0, 0.1) is 0 Å². The van der Waals surface area contributed by atoms with Crippen molar-refractivity contribution in [1.29, 1.82) is 0 Å². The van der Waals surface area contributed by atoms with Crippen molar-refractivity contribution in [3.63, 3.8) is 0 Å².